The molecule has 1 saturated carbocycles. The van der Waals surface area contributed by atoms with Crippen LogP contribution in [0.5, 0.6) is 0 Å². The third-order valence-corrected chi connectivity index (χ3v) is 5.76. The fourth-order valence-electron chi connectivity index (χ4n) is 3.24. The minimum Gasteiger partial charge on any atom is -0.377 e. The van der Waals surface area contributed by atoms with E-state index >= 15 is 0 Å². The number of nitrogens with one attached hydrogen (secondary N) is 1. The zero-order chi connectivity index (χ0) is 14.9. The van der Waals surface area contributed by atoms with Crippen LogP contribution in [-0.2, 0) is 14.9 Å². The SMILES string of the molecule is CCOC1CC(N)C1NS(=O)(=O)N1CC(C)CC(C)C1. The van der Waals surface area contributed by atoms with Crippen LogP contribution in [0.2, 0.25) is 0 Å². The van der Waals surface area contributed by atoms with Gasteiger partial charge in [-0.25, -0.2) is 0 Å². The van der Waals surface area contributed by atoms with Gasteiger partial charge in [-0.15, -0.1) is 0 Å². The van der Waals surface area contributed by atoms with Crippen molar-refractivity contribution in [2.24, 2.45) is 17.6 Å². The third kappa shape index (κ3) is 3.51. The standard InChI is InChI=1S/C13H27N3O3S/c1-4-19-12-6-11(14)13(12)15-20(17,18)16-7-9(2)5-10(3)8-16/h9-13,15H,4-8,14H2,1-3H3. The van der Waals surface area contributed by atoms with E-state index in [0.717, 1.165) is 6.42 Å². The Balaban J connectivity index is 1.99. The van der Waals surface area contributed by atoms with Gasteiger partial charge in [-0.3, -0.25) is 0 Å². The van der Waals surface area contributed by atoms with Gasteiger partial charge in [0.05, 0.1) is 12.1 Å². The van der Waals surface area contributed by atoms with Gasteiger partial charge in [-0.05, 0) is 31.6 Å². The van der Waals surface area contributed by atoms with Crippen molar-refractivity contribution in [3.05, 3.63) is 0 Å². The first-order valence-corrected chi connectivity index (χ1v) is 8.92. The molecule has 0 amide bonds. The number of nitrogens with two attached hydrogens (primary N) is 1. The Hall–Kier alpha value is -0.210. The van der Waals surface area contributed by atoms with Crippen LogP contribution >= 0.6 is 0 Å². The Kier molecular flexibility index (Phi) is 5.07. The maximum Gasteiger partial charge on any atom is 0.279 e. The first kappa shape index (κ1) is 16.2. The zero-order valence-electron chi connectivity index (χ0n) is 12.6. The molecule has 1 heterocycles. The summed E-state index contributed by atoms with van der Waals surface area (Å²) in [5.41, 5.74) is 5.91. The van der Waals surface area contributed by atoms with Gasteiger partial charge >= 0.3 is 0 Å². The lowest BCUT2D eigenvalue weighted by Gasteiger charge is -2.43. The molecule has 1 aliphatic heterocycles. The monoisotopic (exact) mass is 305 g/mol. The molecule has 1 aliphatic carbocycles. The van der Waals surface area contributed by atoms with Crippen molar-refractivity contribution in [1.29, 1.82) is 0 Å². The molecule has 5 unspecified atom stereocenters. The number of nitrogens with zero attached hydrogens (tertiary/aromatic N) is 1. The smallest absolute Gasteiger partial charge is 0.279 e. The van der Waals surface area contributed by atoms with Gasteiger partial charge in [-0.2, -0.15) is 17.4 Å². The molecule has 0 bridgehead atoms. The van der Waals surface area contributed by atoms with Gasteiger partial charge in [0.15, 0.2) is 0 Å². The minimum absolute atomic E-state index is 0.0931. The van der Waals surface area contributed by atoms with Crippen LogP contribution in [0.3, 0.4) is 0 Å². The zero-order valence-corrected chi connectivity index (χ0v) is 13.4. The second-order valence-corrected chi connectivity index (χ2v) is 8.01. The van der Waals surface area contributed by atoms with Gasteiger partial charge in [0.1, 0.15) is 0 Å². The van der Waals surface area contributed by atoms with Crippen molar-refractivity contribution in [3.8, 4) is 0 Å². The second-order valence-electron chi connectivity index (χ2n) is 6.31. The highest BCUT2D eigenvalue weighted by Gasteiger charge is 2.43. The molecule has 0 aromatic rings. The first-order valence-electron chi connectivity index (χ1n) is 7.48. The number of piperidine rings is 1. The predicted molar refractivity (Wildman–Crippen MR) is 78.4 cm³/mol. The van der Waals surface area contributed by atoms with E-state index in [9.17, 15) is 8.42 Å². The van der Waals surface area contributed by atoms with Crippen LogP contribution in [0.1, 0.15) is 33.6 Å². The predicted octanol–water partition coefficient (Wildman–Crippen LogP) is 0.303. The Bertz CT molecular complexity index is 417. The summed E-state index contributed by atoms with van der Waals surface area (Å²) >= 11 is 0. The highest BCUT2D eigenvalue weighted by Crippen LogP contribution is 2.26. The number of rotatable bonds is 5. The highest BCUT2D eigenvalue weighted by molar-refractivity contribution is 7.87. The normalized spacial score (nSPS) is 39.5. The first-order chi connectivity index (χ1) is 9.33. The largest absolute Gasteiger partial charge is 0.377 e. The van der Waals surface area contributed by atoms with Crippen molar-refractivity contribution in [1.82, 2.24) is 9.03 Å². The van der Waals surface area contributed by atoms with E-state index in [4.69, 9.17) is 10.5 Å². The Labute approximate surface area is 122 Å². The van der Waals surface area contributed by atoms with Crippen molar-refractivity contribution < 1.29 is 13.2 Å². The van der Waals surface area contributed by atoms with Crippen molar-refractivity contribution in [2.45, 2.75) is 51.8 Å². The molecule has 5 atom stereocenters. The Morgan fingerprint density at radius 1 is 1.25 bits per heavy atom. The Morgan fingerprint density at radius 2 is 1.85 bits per heavy atom. The summed E-state index contributed by atoms with van der Waals surface area (Å²) in [4.78, 5) is 0. The van der Waals surface area contributed by atoms with Crippen LogP contribution < -0.4 is 10.5 Å². The summed E-state index contributed by atoms with van der Waals surface area (Å²) < 4.78 is 34.8. The molecule has 2 aliphatic rings. The highest BCUT2D eigenvalue weighted by atomic mass is 32.2. The van der Waals surface area contributed by atoms with E-state index in [1.165, 1.54) is 0 Å². The number of hydrogen-bond donors (Lipinski definition) is 2. The van der Waals surface area contributed by atoms with Crippen LogP contribution in [0.4, 0.5) is 0 Å². The molecule has 0 spiro atoms. The fourth-order valence-corrected chi connectivity index (χ4v) is 4.96. The summed E-state index contributed by atoms with van der Waals surface area (Å²) in [5.74, 6) is 0.793. The van der Waals surface area contributed by atoms with Crippen LogP contribution in [0.15, 0.2) is 0 Å². The lowest BCUT2D eigenvalue weighted by atomic mass is 9.84. The summed E-state index contributed by atoms with van der Waals surface area (Å²) in [6.45, 7) is 7.84. The summed E-state index contributed by atoms with van der Waals surface area (Å²) in [6, 6.07) is -0.451. The molecule has 1 saturated heterocycles. The molecule has 20 heavy (non-hydrogen) atoms. The Morgan fingerprint density at radius 3 is 2.35 bits per heavy atom. The number of ether oxygens (including phenoxy) is 1. The number of hydrogen-bond acceptors (Lipinski definition) is 4. The van der Waals surface area contributed by atoms with Crippen LogP contribution in [0, 0.1) is 11.8 Å². The lowest BCUT2D eigenvalue weighted by molar-refractivity contribution is -0.0254. The van der Waals surface area contributed by atoms with Gasteiger partial charge in [0.2, 0.25) is 0 Å². The minimum atomic E-state index is -3.47. The van der Waals surface area contributed by atoms with E-state index in [0.29, 0.717) is 38.0 Å². The summed E-state index contributed by atoms with van der Waals surface area (Å²) in [7, 11) is -3.47. The van der Waals surface area contributed by atoms with E-state index in [-0.39, 0.29) is 18.2 Å². The second kappa shape index (κ2) is 6.27. The van der Waals surface area contributed by atoms with E-state index in [1.54, 1.807) is 4.31 Å². The van der Waals surface area contributed by atoms with Crippen molar-refractivity contribution >= 4 is 10.2 Å². The van der Waals surface area contributed by atoms with Crippen LogP contribution in [0.25, 0.3) is 0 Å². The molecular weight excluding hydrogens is 278 g/mol. The lowest BCUT2D eigenvalue weighted by Crippen LogP contribution is -2.66. The van der Waals surface area contributed by atoms with Crippen molar-refractivity contribution in [2.75, 3.05) is 19.7 Å². The molecule has 2 fully saturated rings. The van der Waals surface area contributed by atoms with Gasteiger partial charge in [0.25, 0.3) is 10.2 Å². The van der Waals surface area contributed by atoms with Crippen molar-refractivity contribution in [3.63, 3.8) is 0 Å². The van der Waals surface area contributed by atoms with E-state index in [2.05, 4.69) is 18.6 Å². The summed E-state index contributed by atoms with van der Waals surface area (Å²) in [5, 5.41) is 0. The van der Waals surface area contributed by atoms with Gasteiger partial charge in [-0.1, -0.05) is 13.8 Å². The van der Waals surface area contributed by atoms with Crippen LogP contribution in [-0.4, -0.2) is 50.6 Å². The van der Waals surface area contributed by atoms with Gasteiger partial charge in [0, 0.05) is 25.7 Å². The van der Waals surface area contributed by atoms with E-state index in [1.807, 2.05) is 6.92 Å². The maximum atomic E-state index is 12.5. The van der Waals surface area contributed by atoms with E-state index < -0.39 is 10.2 Å². The molecule has 0 aromatic carbocycles. The molecule has 7 heteroatoms. The molecule has 0 radical (unpaired) electrons. The fraction of sp³-hybridized carbons (Fsp3) is 1.00. The molecular formula is C13H27N3O3S. The van der Waals surface area contributed by atoms with Gasteiger partial charge < -0.3 is 10.5 Å². The molecule has 118 valence electrons. The summed E-state index contributed by atoms with van der Waals surface area (Å²) in [6.07, 6.45) is 1.70. The molecule has 0 aromatic heterocycles. The molecule has 2 rings (SSSR count). The maximum absolute atomic E-state index is 12.5. The quantitative estimate of drug-likeness (QED) is 0.765. The average molecular weight is 305 g/mol. The topological polar surface area (TPSA) is 84.7 Å². The third-order valence-electron chi connectivity index (χ3n) is 4.21. The average Bonchev–Trinajstić information content (AvgIpc) is 2.35. The molecule has 6 nitrogen and oxygen atoms in total. The molecule has 3 N–H and O–H groups in total.